The zero-order chi connectivity index (χ0) is 13.7. The Kier molecular flexibility index (Phi) is 5.63. The molecule has 0 aliphatic heterocycles. The average molecular weight is 289 g/mol. The lowest BCUT2D eigenvalue weighted by Gasteiger charge is -2.13. The van der Waals surface area contributed by atoms with Crippen molar-refractivity contribution in [1.82, 2.24) is 0 Å². The fourth-order valence-corrected chi connectivity index (χ4v) is 2.03. The van der Waals surface area contributed by atoms with Crippen molar-refractivity contribution in [2.75, 3.05) is 6.61 Å². The molecular formula is C13H14Cl2O3. The topological polar surface area (TPSA) is 43.4 Å². The summed E-state index contributed by atoms with van der Waals surface area (Å²) in [6, 6.07) is 4.96. The second-order valence-corrected chi connectivity index (χ2v) is 4.70. The number of benzene rings is 1. The van der Waals surface area contributed by atoms with Gasteiger partial charge in [0.05, 0.1) is 6.61 Å². The Morgan fingerprint density at radius 3 is 2.50 bits per heavy atom. The molecule has 0 fully saturated rings. The molecular weight excluding hydrogens is 275 g/mol. The normalized spacial score (nSPS) is 12.0. The third-order valence-corrected chi connectivity index (χ3v) is 3.09. The predicted molar refractivity (Wildman–Crippen MR) is 71.0 cm³/mol. The summed E-state index contributed by atoms with van der Waals surface area (Å²) in [6.07, 6.45) is 0.226. The molecule has 1 aromatic carbocycles. The van der Waals surface area contributed by atoms with Crippen LogP contribution in [-0.2, 0) is 20.7 Å². The summed E-state index contributed by atoms with van der Waals surface area (Å²) >= 11 is 11.8. The van der Waals surface area contributed by atoms with Gasteiger partial charge in [-0.1, -0.05) is 29.3 Å². The van der Waals surface area contributed by atoms with Crippen LogP contribution in [0.3, 0.4) is 0 Å². The summed E-state index contributed by atoms with van der Waals surface area (Å²) < 4.78 is 4.87. The van der Waals surface area contributed by atoms with E-state index in [1.54, 1.807) is 25.1 Å². The second-order valence-electron chi connectivity index (χ2n) is 3.86. The van der Waals surface area contributed by atoms with E-state index in [0.717, 1.165) is 0 Å². The predicted octanol–water partition coefficient (Wildman–Crippen LogP) is 3.30. The van der Waals surface area contributed by atoms with Crippen LogP contribution in [0.5, 0.6) is 0 Å². The molecule has 1 unspecified atom stereocenters. The summed E-state index contributed by atoms with van der Waals surface area (Å²) in [5, 5.41) is 0.956. The Bertz CT molecular complexity index is 458. The summed E-state index contributed by atoms with van der Waals surface area (Å²) in [5.74, 6) is -1.57. The van der Waals surface area contributed by atoms with Crippen LogP contribution in [0.4, 0.5) is 0 Å². The molecule has 1 aromatic rings. The van der Waals surface area contributed by atoms with Crippen LogP contribution in [0.1, 0.15) is 19.4 Å². The SMILES string of the molecule is CCOC(=O)C(Cc1ccc(Cl)cc1Cl)C(C)=O. The smallest absolute Gasteiger partial charge is 0.316 e. The van der Waals surface area contributed by atoms with Gasteiger partial charge in [-0.3, -0.25) is 9.59 Å². The van der Waals surface area contributed by atoms with Crippen molar-refractivity contribution >= 4 is 35.0 Å². The molecule has 0 aromatic heterocycles. The molecule has 18 heavy (non-hydrogen) atoms. The molecule has 0 amide bonds. The highest BCUT2D eigenvalue weighted by Crippen LogP contribution is 2.24. The molecule has 1 atom stereocenters. The van der Waals surface area contributed by atoms with E-state index in [9.17, 15) is 9.59 Å². The van der Waals surface area contributed by atoms with Crippen molar-refractivity contribution < 1.29 is 14.3 Å². The highest BCUT2D eigenvalue weighted by molar-refractivity contribution is 6.35. The fraction of sp³-hybridized carbons (Fsp3) is 0.385. The van der Waals surface area contributed by atoms with Crippen LogP contribution in [0, 0.1) is 5.92 Å². The minimum absolute atomic E-state index is 0.226. The molecule has 0 saturated carbocycles. The minimum Gasteiger partial charge on any atom is -0.465 e. The van der Waals surface area contributed by atoms with Gasteiger partial charge in [-0.05, 0) is 38.0 Å². The van der Waals surface area contributed by atoms with Gasteiger partial charge in [-0.2, -0.15) is 0 Å². The van der Waals surface area contributed by atoms with E-state index in [0.29, 0.717) is 15.6 Å². The molecule has 0 radical (unpaired) electrons. The first-order valence-electron chi connectivity index (χ1n) is 5.56. The van der Waals surface area contributed by atoms with E-state index in [1.165, 1.54) is 6.92 Å². The number of hydrogen-bond donors (Lipinski definition) is 0. The molecule has 1 rings (SSSR count). The Balaban J connectivity index is 2.90. The maximum Gasteiger partial charge on any atom is 0.316 e. The van der Waals surface area contributed by atoms with Crippen LogP contribution < -0.4 is 0 Å². The quantitative estimate of drug-likeness (QED) is 0.617. The van der Waals surface area contributed by atoms with Gasteiger partial charge in [0.2, 0.25) is 0 Å². The monoisotopic (exact) mass is 288 g/mol. The summed E-state index contributed by atoms with van der Waals surface area (Å²) in [7, 11) is 0. The number of hydrogen-bond acceptors (Lipinski definition) is 3. The molecule has 0 heterocycles. The van der Waals surface area contributed by atoms with Crippen LogP contribution >= 0.6 is 23.2 Å². The number of esters is 1. The largest absolute Gasteiger partial charge is 0.465 e. The van der Waals surface area contributed by atoms with Crippen molar-refractivity contribution in [1.29, 1.82) is 0 Å². The first-order valence-corrected chi connectivity index (χ1v) is 6.32. The lowest BCUT2D eigenvalue weighted by molar-refractivity contribution is -0.151. The number of Topliss-reactive ketones (excluding diaryl/α,β-unsaturated/α-hetero) is 1. The summed E-state index contributed by atoms with van der Waals surface area (Å²) in [4.78, 5) is 23.1. The van der Waals surface area contributed by atoms with Crippen molar-refractivity contribution in [3.05, 3.63) is 33.8 Å². The number of ether oxygens (including phenoxy) is 1. The molecule has 98 valence electrons. The Morgan fingerprint density at radius 2 is 2.00 bits per heavy atom. The van der Waals surface area contributed by atoms with Gasteiger partial charge in [0.1, 0.15) is 11.7 Å². The molecule has 0 saturated heterocycles. The van der Waals surface area contributed by atoms with E-state index in [1.807, 2.05) is 0 Å². The third-order valence-electron chi connectivity index (χ3n) is 2.50. The average Bonchev–Trinajstić information content (AvgIpc) is 2.27. The van der Waals surface area contributed by atoms with Gasteiger partial charge in [-0.25, -0.2) is 0 Å². The van der Waals surface area contributed by atoms with Gasteiger partial charge in [0, 0.05) is 10.0 Å². The zero-order valence-corrected chi connectivity index (χ0v) is 11.7. The second kappa shape index (κ2) is 6.76. The molecule has 0 aliphatic rings. The molecule has 3 nitrogen and oxygen atoms in total. The molecule has 0 N–H and O–H groups in total. The van der Waals surface area contributed by atoms with E-state index < -0.39 is 11.9 Å². The van der Waals surface area contributed by atoms with Crippen LogP contribution in [0.25, 0.3) is 0 Å². The van der Waals surface area contributed by atoms with Crippen LogP contribution in [-0.4, -0.2) is 18.4 Å². The van der Waals surface area contributed by atoms with Gasteiger partial charge >= 0.3 is 5.97 Å². The number of halogens is 2. The molecule has 0 spiro atoms. The lowest BCUT2D eigenvalue weighted by atomic mass is 9.96. The van der Waals surface area contributed by atoms with Crippen molar-refractivity contribution in [3.63, 3.8) is 0 Å². The van der Waals surface area contributed by atoms with Gasteiger partial charge < -0.3 is 4.74 Å². The number of carbonyl (C=O) groups is 2. The maximum absolute atomic E-state index is 11.7. The minimum atomic E-state index is -0.816. The third kappa shape index (κ3) is 4.00. The molecule has 0 aliphatic carbocycles. The fourth-order valence-electron chi connectivity index (χ4n) is 1.54. The van der Waals surface area contributed by atoms with E-state index in [2.05, 4.69) is 0 Å². The van der Waals surface area contributed by atoms with Crippen LogP contribution in [0.2, 0.25) is 10.0 Å². The number of ketones is 1. The first-order chi connectivity index (χ1) is 8.45. The van der Waals surface area contributed by atoms with Crippen molar-refractivity contribution in [2.24, 2.45) is 5.92 Å². The highest BCUT2D eigenvalue weighted by Gasteiger charge is 2.25. The van der Waals surface area contributed by atoms with E-state index in [4.69, 9.17) is 27.9 Å². The standard InChI is InChI=1S/C13H14Cl2O3/c1-3-18-13(17)11(8(2)16)6-9-4-5-10(14)7-12(9)15/h4-5,7,11H,3,6H2,1-2H3. The van der Waals surface area contributed by atoms with Gasteiger partial charge in [0.15, 0.2) is 0 Å². The first kappa shape index (κ1) is 15.0. The van der Waals surface area contributed by atoms with Crippen molar-refractivity contribution in [3.8, 4) is 0 Å². The zero-order valence-electron chi connectivity index (χ0n) is 10.2. The molecule has 0 bridgehead atoms. The summed E-state index contributed by atoms with van der Waals surface area (Å²) in [6.45, 7) is 3.31. The maximum atomic E-state index is 11.7. The van der Waals surface area contributed by atoms with E-state index >= 15 is 0 Å². The summed E-state index contributed by atoms with van der Waals surface area (Å²) in [5.41, 5.74) is 0.703. The molecule has 5 heteroatoms. The number of carbonyl (C=O) groups excluding carboxylic acids is 2. The van der Waals surface area contributed by atoms with Crippen LogP contribution in [0.15, 0.2) is 18.2 Å². The van der Waals surface area contributed by atoms with Gasteiger partial charge in [-0.15, -0.1) is 0 Å². The highest BCUT2D eigenvalue weighted by atomic mass is 35.5. The lowest BCUT2D eigenvalue weighted by Crippen LogP contribution is -2.26. The number of rotatable bonds is 5. The Morgan fingerprint density at radius 1 is 1.33 bits per heavy atom. The Hall–Kier alpha value is -1.06. The van der Waals surface area contributed by atoms with E-state index in [-0.39, 0.29) is 18.8 Å². The van der Waals surface area contributed by atoms with Gasteiger partial charge in [0.25, 0.3) is 0 Å². The Labute approximate surface area is 116 Å². The van der Waals surface area contributed by atoms with Crippen molar-refractivity contribution in [2.45, 2.75) is 20.3 Å².